The minimum Gasteiger partial charge on any atom is -0.462 e. The summed E-state index contributed by atoms with van der Waals surface area (Å²) in [6.07, 6.45) is 2.19. The molecule has 2 bridgehead atoms. The lowest BCUT2D eigenvalue weighted by molar-refractivity contribution is -0.153. The molecule has 2 heterocycles. The van der Waals surface area contributed by atoms with Crippen molar-refractivity contribution < 1.29 is 14.3 Å². The van der Waals surface area contributed by atoms with Gasteiger partial charge in [-0.15, -0.1) is 23.5 Å². The molecule has 3 aliphatic rings. The fraction of sp³-hybridized carbons (Fsp3) is 0.600. The first kappa shape index (κ1) is 18.2. The summed E-state index contributed by atoms with van der Waals surface area (Å²) in [5.41, 5.74) is 0.766. The van der Waals surface area contributed by atoms with Gasteiger partial charge < -0.3 is 9.64 Å². The summed E-state index contributed by atoms with van der Waals surface area (Å²) in [4.78, 5) is 26.8. The first-order valence-corrected chi connectivity index (χ1v) is 11.4. The van der Waals surface area contributed by atoms with Gasteiger partial charge in [-0.3, -0.25) is 9.59 Å². The van der Waals surface area contributed by atoms with Crippen LogP contribution in [-0.4, -0.2) is 51.6 Å². The van der Waals surface area contributed by atoms with E-state index in [9.17, 15) is 9.59 Å². The predicted molar refractivity (Wildman–Crippen MR) is 106 cm³/mol. The van der Waals surface area contributed by atoms with E-state index in [2.05, 4.69) is 23.5 Å². The standard InChI is InChI=1S/C20H25NO3S2/c1-2-18(22)24-17-10-15-12-21(19(23)14-6-4-3-5-7-14)13-16(11-17)20(15)25-8-9-26-20/h3-7,15-17H,2,8-13H2,1H3. The summed E-state index contributed by atoms with van der Waals surface area (Å²) in [6.45, 7) is 3.38. The summed E-state index contributed by atoms with van der Waals surface area (Å²) in [5.74, 6) is 3.16. The van der Waals surface area contributed by atoms with Crippen molar-refractivity contribution in [2.75, 3.05) is 24.6 Å². The van der Waals surface area contributed by atoms with E-state index in [0.717, 1.165) is 31.5 Å². The van der Waals surface area contributed by atoms with Crippen LogP contribution in [0.2, 0.25) is 0 Å². The Kier molecular flexibility index (Phi) is 5.24. The Morgan fingerprint density at radius 2 is 1.73 bits per heavy atom. The third kappa shape index (κ3) is 3.26. The van der Waals surface area contributed by atoms with Crippen LogP contribution in [0.15, 0.2) is 30.3 Å². The molecule has 6 heteroatoms. The number of carbonyl (C=O) groups is 2. The van der Waals surface area contributed by atoms with E-state index in [1.807, 2.05) is 42.2 Å². The molecule has 3 fully saturated rings. The van der Waals surface area contributed by atoms with Crippen LogP contribution in [0, 0.1) is 11.8 Å². The Balaban J connectivity index is 1.54. The zero-order chi connectivity index (χ0) is 18.1. The number of carbonyl (C=O) groups excluding carboxylic acids is 2. The molecule has 1 aliphatic carbocycles. The minimum atomic E-state index is -0.104. The Hall–Kier alpha value is -1.14. The molecule has 4 rings (SSSR count). The second-order valence-electron chi connectivity index (χ2n) is 7.33. The Morgan fingerprint density at radius 3 is 2.31 bits per heavy atom. The summed E-state index contributed by atoms with van der Waals surface area (Å²) < 4.78 is 5.91. The molecule has 1 aromatic rings. The van der Waals surface area contributed by atoms with Crippen molar-refractivity contribution in [3.8, 4) is 0 Å². The molecule has 1 saturated carbocycles. The van der Waals surface area contributed by atoms with Gasteiger partial charge in [0.05, 0.1) is 4.08 Å². The first-order valence-electron chi connectivity index (χ1n) is 9.44. The molecule has 2 atom stereocenters. The highest BCUT2D eigenvalue weighted by molar-refractivity contribution is 8.21. The van der Waals surface area contributed by atoms with Crippen molar-refractivity contribution in [2.24, 2.45) is 11.8 Å². The van der Waals surface area contributed by atoms with Gasteiger partial charge in [0, 0.05) is 48.4 Å². The highest BCUT2D eigenvalue weighted by atomic mass is 32.2. The molecule has 4 nitrogen and oxygen atoms in total. The van der Waals surface area contributed by atoms with Crippen molar-refractivity contribution in [1.82, 2.24) is 4.90 Å². The van der Waals surface area contributed by atoms with E-state index in [-0.39, 0.29) is 22.1 Å². The highest BCUT2D eigenvalue weighted by Crippen LogP contribution is 2.61. The van der Waals surface area contributed by atoms with Crippen LogP contribution in [0.3, 0.4) is 0 Å². The van der Waals surface area contributed by atoms with Gasteiger partial charge in [-0.05, 0) is 25.0 Å². The smallest absolute Gasteiger partial charge is 0.305 e. The summed E-state index contributed by atoms with van der Waals surface area (Å²) >= 11 is 4.16. The van der Waals surface area contributed by atoms with Gasteiger partial charge in [0.15, 0.2) is 0 Å². The maximum atomic E-state index is 13.0. The highest BCUT2D eigenvalue weighted by Gasteiger charge is 2.57. The van der Waals surface area contributed by atoms with Gasteiger partial charge >= 0.3 is 5.97 Å². The van der Waals surface area contributed by atoms with Crippen molar-refractivity contribution in [1.29, 1.82) is 0 Å². The van der Waals surface area contributed by atoms with Gasteiger partial charge in [0.2, 0.25) is 0 Å². The zero-order valence-electron chi connectivity index (χ0n) is 15.1. The van der Waals surface area contributed by atoms with Crippen molar-refractivity contribution in [3.05, 3.63) is 35.9 Å². The molecule has 2 saturated heterocycles. The number of thioether (sulfide) groups is 2. The minimum absolute atomic E-state index is 0.0128. The molecular weight excluding hydrogens is 366 g/mol. The topological polar surface area (TPSA) is 46.6 Å². The van der Waals surface area contributed by atoms with Gasteiger partial charge in [-0.1, -0.05) is 25.1 Å². The molecule has 0 aromatic heterocycles. The van der Waals surface area contributed by atoms with Crippen LogP contribution in [0.5, 0.6) is 0 Å². The molecule has 0 radical (unpaired) electrons. The molecule has 0 N–H and O–H groups in total. The zero-order valence-corrected chi connectivity index (χ0v) is 16.7. The monoisotopic (exact) mass is 391 g/mol. The number of nitrogens with zero attached hydrogens (tertiary/aromatic N) is 1. The number of ether oxygens (including phenoxy) is 1. The van der Waals surface area contributed by atoms with Crippen LogP contribution in [0.25, 0.3) is 0 Å². The number of hydrogen-bond donors (Lipinski definition) is 0. The van der Waals surface area contributed by atoms with Gasteiger partial charge in [0.25, 0.3) is 5.91 Å². The lowest BCUT2D eigenvalue weighted by atomic mass is 9.75. The van der Waals surface area contributed by atoms with Crippen LogP contribution in [-0.2, 0) is 9.53 Å². The molecule has 140 valence electrons. The first-order chi connectivity index (χ1) is 12.6. The number of esters is 1. The lowest BCUT2D eigenvalue weighted by Gasteiger charge is -2.54. The lowest BCUT2D eigenvalue weighted by Crippen LogP contribution is -2.59. The van der Waals surface area contributed by atoms with Crippen LogP contribution >= 0.6 is 23.5 Å². The van der Waals surface area contributed by atoms with Gasteiger partial charge in [-0.25, -0.2) is 0 Å². The van der Waals surface area contributed by atoms with E-state index in [0.29, 0.717) is 18.3 Å². The maximum absolute atomic E-state index is 13.0. The fourth-order valence-electron chi connectivity index (χ4n) is 4.61. The summed E-state index contributed by atoms with van der Waals surface area (Å²) in [6, 6.07) is 9.57. The molecule has 2 aliphatic heterocycles. The number of likely N-dealkylation sites (tertiary alicyclic amines) is 1. The van der Waals surface area contributed by atoms with E-state index in [1.165, 1.54) is 11.5 Å². The van der Waals surface area contributed by atoms with Gasteiger partial charge in [0.1, 0.15) is 6.10 Å². The Bertz CT molecular complexity index is 657. The molecule has 1 aromatic carbocycles. The predicted octanol–water partition coefficient (Wildman–Crippen LogP) is 3.67. The SMILES string of the molecule is CCC(=O)OC1CC2CN(C(=O)c3ccccc3)CC(C1)C21SCCS1. The largest absolute Gasteiger partial charge is 0.462 e. The average molecular weight is 392 g/mol. The summed E-state index contributed by atoms with van der Waals surface area (Å²) in [5, 5.41) is 0. The molecule has 2 unspecified atom stereocenters. The van der Waals surface area contributed by atoms with Crippen LogP contribution < -0.4 is 0 Å². The van der Waals surface area contributed by atoms with Gasteiger partial charge in [-0.2, -0.15) is 0 Å². The Labute approximate surface area is 163 Å². The van der Waals surface area contributed by atoms with E-state index in [4.69, 9.17) is 4.74 Å². The van der Waals surface area contributed by atoms with Crippen molar-refractivity contribution >= 4 is 35.4 Å². The molecule has 26 heavy (non-hydrogen) atoms. The third-order valence-corrected chi connectivity index (χ3v) is 9.77. The summed E-state index contributed by atoms with van der Waals surface area (Å²) in [7, 11) is 0. The normalized spacial score (nSPS) is 29.6. The van der Waals surface area contributed by atoms with Crippen molar-refractivity contribution in [2.45, 2.75) is 36.4 Å². The van der Waals surface area contributed by atoms with Crippen LogP contribution in [0.1, 0.15) is 36.5 Å². The number of benzene rings is 1. The maximum Gasteiger partial charge on any atom is 0.305 e. The quantitative estimate of drug-likeness (QED) is 0.736. The average Bonchev–Trinajstić information content (AvgIpc) is 3.12. The number of rotatable bonds is 3. The van der Waals surface area contributed by atoms with Crippen LogP contribution in [0.4, 0.5) is 0 Å². The second kappa shape index (κ2) is 7.47. The van der Waals surface area contributed by atoms with E-state index in [1.54, 1.807) is 0 Å². The number of hydrogen-bond acceptors (Lipinski definition) is 5. The number of amides is 1. The van der Waals surface area contributed by atoms with E-state index >= 15 is 0 Å². The molecular formula is C20H25NO3S2. The molecule has 1 spiro atoms. The van der Waals surface area contributed by atoms with Crippen molar-refractivity contribution in [3.63, 3.8) is 0 Å². The molecule has 1 amide bonds. The fourth-order valence-corrected chi connectivity index (χ4v) is 8.38. The third-order valence-electron chi connectivity index (χ3n) is 5.75. The second-order valence-corrected chi connectivity index (χ2v) is 10.3. The Morgan fingerprint density at radius 1 is 1.12 bits per heavy atom. The van der Waals surface area contributed by atoms with E-state index < -0.39 is 0 Å². The number of piperidine rings is 1.